The molecule has 0 radical (unpaired) electrons. The summed E-state index contributed by atoms with van der Waals surface area (Å²) in [6.45, 7) is 38.0. The van der Waals surface area contributed by atoms with Crippen molar-refractivity contribution in [2.75, 3.05) is 94.5 Å². The number of imidazole rings is 3. The number of benzene rings is 3. The standard InChI is InChI=1S/3C29H34F2N8/c3*1-17(2)39-19(4)34-28-23(30)13-21(14-25(28)39)27-24(31)16-33-29(36-27)35-26-6-5-20(15-32-26)18(3)38-12-11-37-9-7-22(38)8-10-37/h3*5-6,13-18,22H,7-12H2,1-4H3,(H,32,33,35,36)/t2*18-;/m10./s1. The average Bonchev–Trinajstić information content (AvgIpc) is 1.64. The Bertz CT molecular complexity index is 5010. The summed E-state index contributed by atoms with van der Waals surface area (Å²) in [6.07, 6.45) is 16.3. The van der Waals surface area contributed by atoms with Crippen molar-refractivity contribution in [3.8, 4) is 33.8 Å². The molecule has 9 saturated heterocycles. The van der Waals surface area contributed by atoms with Crippen molar-refractivity contribution >= 4 is 68.4 Å². The molecule has 30 heteroatoms. The summed E-state index contributed by atoms with van der Waals surface area (Å²) in [5, 5.41) is 9.23. The van der Waals surface area contributed by atoms with E-state index in [1.165, 1.54) is 96.0 Å². The van der Waals surface area contributed by atoms with Gasteiger partial charge in [0.15, 0.2) is 34.9 Å². The summed E-state index contributed by atoms with van der Waals surface area (Å²) in [7, 11) is 0. The van der Waals surface area contributed by atoms with Crippen molar-refractivity contribution in [3.05, 3.63) is 179 Å². The lowest BCUT2D eigenvalue weighted by molar-refractivity contribution is 0.141. The third-order valence-electron chi connectivity index (χ3n) is 24.5. The van der Waals surface area contributed by atoms with E-state index < -0.39 is 34.9 Å². The molecule has 9 fully saturated rings. The predicted molar refractivity (Wildman–Crippen MR) is 444 cm³/mol. The maximum absolute atomic E-state index is 15.0. The van der Waals surface area contributed by atoms with E-state index in [9.17, 15) is 13.2 Å². The van der Waals surface area contributed by atoms with Gasteiger partial charge in [-0.25, -0.2) is 86.2 Å². The first-order valence-electron chi connectivity index (χ1n) is 41.1. The third kappa shape index (κ3) is 16.8. The summed E-state index contributed by atoms with van der Waals surface area (Å²) in [5.74, 6) is 0.891. The fourth-order valence-electron chi connectivity index (χ4n) is 18.4. The Kier molecular flexibility index (Phi) is 23.2. The lowest BCUT2D eigenvalue weighted by Crippen LogP contribution is -2.39. The van der Waals surface area contributed by atoms with Crippen LogP contribution in [-0.2, 0) is 0 Å². The topological polar surface area (TPSA) is 225 Å². The first-order chi connectivity index (χ1) is 56.3. The number of nitrogens with zero attached hydrogens (tertiary/aromatic N) is 21. The van der Waals surface area contributed by atoms with Crippen LogP contribution in [0, 0.1) is 55.7 Å². The number of hydrogen-bond donors (Lipinski definition) is 3. The van der Waals surface area contributed by atoms with Gasteiger partial charge >= 0.3 is 0 Å². The van der Waals surface area contributed by atoms with Gasteiger partial charge in [-0.15, -0.1) is 0 Å². The van der Waals surface area contributed by atoms with Gasteiger partial charge in [-0.05, 0) is 232 Å². The number of aromatic nitrogens is 15. The molecule has 9 aliphatic heterocycles. The number of fused-ring (bicyclic) bond motifs is 15. The van der Waals surface area contributed by atoms with Gasteiger partial charge in [0.1, 0.15) is 68.6 Å². The zero-order chi connectivity index (χ0) is 81.8. The van der Waals surface area contributed by atoms with Crippen molar-refractivity contribution in [1.29, 1.82) is 0 Å². The molecule has 0 amide bonds. The van der Waals surface area contributed by atoms with E-state index in [-0.39, 0.29) is 87.7 Å². The number of pyridine rings is 3. The van der Waals surface area contributed by atoms with E-state index in [0.717, 1.165) is 74.5 Å². The number of aryl methyl sites for hydroxylation is 3. The molecule has 0 aliphatic carbocycles. The van der Waals surface area contributed by atoms with Crippen LogP contribution in [0.5, 0.6) is 0 Å². The van der Waals surface area contributed by atoms with Crippen LogP contribution >= 0.6 is 0 Å². The summed E-state index contributed by atoms with van der Waals surface area (Å²) in [5.41, 5.74) is 7.08. The molecule has 6 bridgehead atoms. The Hall–Kier alpha value is -10.5. The normalized spacial score (nSPS) is 20.5. The van der Waals surface area contributed by atoms with Crippen molar-refractivity contribution in [1.82, 2.24) is 103 Å². The third-order valence-corrected chi connectivity index (χ3v) is 24.5. The maximum atomic E-state index is 15.0. The van der Waals surface area contributed by atoms with Gasteiger partial charge in [0.2, 0.25) is 17.8 Å². The molecule has 3 N–H and O–H groups in total. The minimum atomic E-state index is -0.633. The molecule has 1 unspecified atom stereocenters. The molecule has 9 aliphatic rings. The van der Waals surface area contributed by atoms with Crippen molar-refractivity contribution < 1.29 is 26.3 Å². The van der Waals surface area contributed by atoms with Crippen LogP contribution in [0.1, 0.15) is 171 Å². The minimum Gasteiger partial charge on any atom is -0.326 e. The first-order valence-corrected chi connectivity index (χ1v) is 41.1. The number of rotatable bonds is 18. The number of nitrogens with one attached hydrogen (secondary N) is 3. The fraction of sp³-hybridized carbons (Fsp3) is 0.448. The Labute approximate surface area is 677 Å². The molecule has 3 atom stereocenters. The van der Waals surface area contributed by atoms with Crippen molar-refractivity contribution in [3.63, 3.8) is 0 Å². The molecular weight excluding hydrogens is 1500 g/mol. The van der Waals surface area contributed by atoms with E-state index in [1.54, 1.807) is 18.2 Å². The number of hydrogen-bond acceptors (Lipinski definition) is 21. The van der Waals surface area contributed by atoms with Crippen LogP contribution < -0.4 is 16.0 Å². The summed E-state index contributed by atoms with van der Waals surface area (Å²) < 4.78 is 95.4. The summed E-state index contributed by atoms with van der Waals surface area (Å²) in [4.78, 5) is 67.8. The summed E-state index contributed by atoms with van der Waals surface area (Å²) in [6, 6.07) is 23.8. The van der Waals surface area contributed by atoms with Crippen LogP contribution in [-0.4, -0.2) is 200 Å². The second kappa shape index (κ2) is 33.8. The molecule has 24 nitrogen and oxygen atoms in total. The van der Waals surface area contributed by atoms with E-state index >= 15 is 13.2 Å². The maximum Gasteiger partial charge on any atom is 0.229 e. The number of halogens is 6. The summed E-state index contributed by atoms with van der Waals surface area (Å²) >= 11 is 0. The SMILES string of the molecule is Cc1nc2c(F)cc(-c3nc(Nc4ccc(C(C)N5CCN6CCC5CC6)cn4)ncc3F)cc2n1C(C)C.Cc1nc2c(F)cc(-c3nc(Nc4ccc([C@@H](C)N5CCN6CCC5CC6)cn4)ncc3F)cc2n1C(C)C.Cc1nc2c(F)cc(-c3nc(Nc4ccc([C@H](C)N5CCN6CCC5CC6)cn4)ncc3F)cc2n1C(C)C. The van der Waals surface area contributed by atoms with Crippen LogP contribution in [0.2, 0.25) is 0 Å². The van der Waals surface area contributed by atoms with Crippen LogP contribution in [0.25, 0.3) is 66.9 Å². The molecule has 0 spiro atoms. The van der Waals surface area contributed by atoms with Gasteiger partial charge in [0.25, 0.3) is 0 Å². The Balaban J connectivity index is 0.000000131. The van der Waals surface area contributed by atoms with E-state index in [1.807, 2.05) is 113 Å². The molecule has 12 aromatic rings. The highest BCUT2D eigenvalue weighted by molar-refractivity contribution is 5.85. The van der Waals surface area contributed by atoms with Crippen LogP contribution in [0.3, 0.4) is 0 Å². The quantitative estimate of drug-likeness (QED) is 0.0679. The molecule has 9 aromatic heterocycles. The number of anilines is 6. The molecule has 612 valence electrons. The van der Waals surface area contributed by atoms with Gasteiger partial charge in [-0.3, -0.25) is 14.7 Å². The Morgan fingerprint density at radius 1 is 0.308 bits per heavy atom. The Morgan fingerprint density at radius 2 is 0.573 bits per heavy atom. The van der Waals surface area contributed by atoms with E-state index in [0.29, 0.717) is 86.3 Å². The molecule has 21 rings (SSSR count). The molecule has 3 aromatic carbocycles. The zero-order valence-electron chi connectivity index (χ0n) is 68.5. The monoisotopic (exact) mass is 1600 g/mol. The van der Waals surface area contributed by atoms with E-state index in [2.05, 4.69) is 144 Å². The predicted octanol–water partition coefficient (Wildman–Crippen LogP) is 16.9. The average molecular weight is 1600 g/mol. The second-order valence-corrected chi connectivity index (χ2v) is 32.8. The van der Waals surface area contributed by atoms with Crippen LogP contribution in [0.4, 0.5) is 61.6 Å². The number of piperidine rings is 3. The fourth-order valence-corrected chi connectivity index (χ4v) is 18.4. The van der Waals surface area contributed by atoms with Crippen molar-refractivity contribution in [2.45, 2.75) is 176 Å². The molecule has 117 heavy (non-hydrogen) atoms. The van der Waals surface area contributed by atoms with Gasteiger partial charge < -0.3 is 44.4 Å². The van der Waals surface area contributed by atoms with Gasteiger partial charge in [0, 0.05) is 129 Å². The highest BCUT2D eigenvalue weighted by Gasteiger charge is 2.36. The Morgan fingerprint density at radius 3 is 0.812 bits per heavy atom. The highest BCUT2D eigenvalue weighted by atomic mass is 19.1. The zero-order valence-corrected chi connectivity index (χ0v) is 68.5. The molecule has 18 heterocycles. The minimum absolute atomic E-state index is 0.0134. The highest BCUT2D eigenvalue weighted by Crippen LogP contribution is 2.39. The van der Waals surface area contributed by atoms with Gasteiger partial charge in [0.05, 0.1) is 35.1 Å². The molecular formula is C87H102F6N24. The van der Waals surface area contributed by atoms with E-state index in [4.69, 9.17) is 0 Å². The lowest BCUT2D eigenvalue weighted by Gasteiger charge is -2.35. The molecule has 0 saturated carbocycles. The smallest absolute Gasteiger partial charge is 0.229 e. The first kappa shape index (κ1) is 80.3. The lowest BCUT2D eigenvalue weighted by atomic mass is 10.0. The van der Waals surface area contributed by atoms with Gasteiger partial charge in [-0.1, -0.05) is 18.2 Å². The largest absolute Gasteiger partial charge is 0.326 e. The van der Waals surface area contributed by atoms with Gasteiger partial charge in [-0.2, -0.15) is 0 Å². The van der Waals surface area contributed by atoms with Crippen LogP contribution in [0.15, 0.2) is 110 Å². The van der Waals surface area contributed by atoms with Crippen molar-refractivity contribution in [2.24, 2.45) is 0 Å². The second-order valence-electron chi connectivity index (χ2n) is 32.8.